The van der Waals surface area contributed by atoms with E-state index in [9.17, 15) is 4.79 Å². The van der Waals surface area contributed by atoms with Gasteiger partial charge >= 0.3 is 0 Å². The zero-order valence-corrected chi connectivity index (χ0v) is 13.6. The van der Waals surface area contributed by atoms with Crippen LogP contribution in [0.4, 0.5) is 17.5 Å². The summed E-state index contributed by atoms with van der Waals surface area (Å²) in [5.41, 5.74) is 0.563. The summed E-state index contributed by atoms with van der Waals surface area (Å²) in [7, 11) is 1.48. The van der Waals surface area contributed by atoms with E-state index < -0.39 is 0 Å². The fourth-order valence-electron chi connectivity index (χ4n) is 2.55. The van der Waals surface area contributed by atoms with Gasteiger partial charge in [0.25, 0.3) is 0 Å². The zero-order valence-electron chi connectivity index (χ0n) is 13.6. The Hall–Kier alpha value is -2.74. The molecule has 2 aromatic rings. The molecule has 3 heterocycles. The highest BCUT2D eigenvalue weighted by Crippen LogP contribution is 2.16. The van der Waals surface area contributed by atoms with Crippen LogP contribution in [0.1, 0.15) is 0 Å². The van der Waals surface area contributed by atoms with Crippen molar-refractivity contribution in [2.24, 2.45) is 0 Å². The lowest BCUT2D eigenvalue weighted by Crippen LogP contribution is -2.47. The van der Waals surface area contributed by atoms with Crippen molar-refractivity contribution < 1.29 is 9.53 Å². The maximum Gasteiger partial charge on any atom is 0.250 e. The van der Waals surface area contributed by atoms with Crippen LogP contribution in [-0.2, 0) is 9.53 Å². The lowest BCUT2D eigenvalue weighted by Gasteiger charge is -2.35. The summed E-state index contributed by atoms with van der Waals surface area (Å²) in [5.74, 6) is 1.44. The summed E-state index contributed by atoms with van der Waals surface area (Å²) in [6.07, 6.45) is 5.03. The standard InChI is InChI=1S/C16H20N6O2/c1-24-12-15(23)20-13-10-18-16(19-11-13)22-8-6-21(7-9-22)14-4-2-3-5-17-14/h2-5,10-11H,6-9,12H2,1H3,(H,20,23). The van der Waals surface area contributed by atoms with Gasteiger partial charge in [-0.25, -0.2) is 15.0 Å². The molecule has 126 valence electrons. The third-order valence-electron chi connectivity index (χ3n) is 3.73. The van der Waals surface area contributed by atoms with Gasteiger partial charge in [-0.3, -0.25) is 4.79 Å². The van der Waals surface area contributed by atoms with Gasteiger partial charge in [0, 0.05) is 39.5 Å². The fourth-order valence-corrected chi connectivity index (χ4v) is 2.55. The molecule has 1 saturated heterocycles. The summed E-state index contributed by atoms with van der Waals surface area (Å²) in [5, 5.41) is 2.68. The van der Waals surface area contributed by atoms with Gasteiger partial charge in [0.15, 0.2) is 0 Å². The zero-order chi connectivity index (χ0) is 16.8. The molecule has 0 atom stereocenters. The summed E-state index contributed by atoms with van der Waals surface area (Å²) in [6.45, 7) is 3.40. The van der Waals surface area contributed by atoms with Gasteiger partial charge in [-0.1, -0.05) is 6.07 Å². The molecule has 0 radical (unpaired) electrons. The van der Waals surface area contributed by atoms with E-state index in [-0.39, 0.29) is 12.5 Å². The van der Waals surface area contributed by atoms with Gasteiger partial charge in [0.2, 0.25) is 11.9 Å². The van der Waals surface area contributed by atoms with Crippen molar-refractivity contribution in [1.82, 2.24) is 15.0 Å². The van der Waals surface area contributed by atoms with E-state index in [0.717, 1.165) is 32.0 Å². The highest BCUT2D eigenvalue weighted by atomic mass is 16.5. The highest BCUT2D eigenvalue weighted by Gasteiger charge is 2.19. The molecule has 1 aliphatic rings. The van der Waals surface area contributed by atoms with Crippen molar-refractivity contribution in [2.75, 3.05) is 55.0 Å². The van der Waals surface area contributed by atoms with E-state index in [4.69, 9.17) is 4.74 Å². The Balaban J connectivity index is 1.55. The number of hydrogen-bond acceptors (Lipinski definition) is 7. The first kappa shape index (κ1) is 16.1. The monoisotopic (exact) mass is 328 g/mol. The molecule has 0 saturated carbocycles. The lowest BCUT2D eigenvalue weighted by molar-refractivity contribution is -0.119. The molecule has 0 aliphatic carbocycles. The number of pyridine rings is 1. The van der Waals surface area contributed by atoms with Gasteiger partial charge in [-0.15, -0.1) is 0 Å². The minimum Gasteiger partial charge on any atom is -0.375 e. The number of methoxy groups -OCH3 is 1. The smallest absolute Gasteiger partial charge is 0.250 e. The number of rotatable bonds is 5. The van der Waals surface area contributed by atoms with Crippen molar-refractivity contribution in [3.8, 4) is 0 Å². The van der Waals surface area contributed by atoms with E-state index >= 15 is 0 Å². The lowest BCUT2D eigenvalue weighted by atomic mass is 10.3. The Morgan fingerprint density at radius 3 is 2.46 bits per heavy atom. The number of hydrogen-bond donors (Lipinski definition) is 1. The van der Waals surface area contributed by atoms with Gasteiger partial charge < -0.3 is 19.9 Å². The molecule has 0 unspecified atom stereocenters. The molecule has 8 heteroatoms. The third-order valence-corrected chi connectivity index (χ3v) is 3.73. The molecule has 3 rings (SSSR count). The number of carbonyl (C=O) groups is 1. The van der Waals surface area contributed by atoms with E-state index in [1.807, 2.05) is 18.2 Å². The number of nitrogens with zero attached hydrogens (tertiary/aromatic N) is 5. The SMILES string of the molecule is COCC(=O)Nc1cnc(N2CCN(c3ccccn3)CC2)nc1. The van der Waals surface area contributed by atoms with E-state index in [0.29, 0.717) is 11.6 Å². The number of aromatic nitrogens is 3. The van der Waals surface area contributed by atoms with E-state index in [1.165, 1.54) is 7.11 Å². The van der Waals surface area contributed by atoms with E-state index in [2.05, 4.69) is 30.1 Å². The van der Waals surface area contributed by atoms with Gasteiger partial charge in [-0.2, -0.15) is 0 Å². The fraction of sp³-hybridized carbons (Fsp3) is 0.375. The second-order valence-corrected chi connectivity index (χ2v) is 5.41. The second-order valence-electron chi connectivity index (χ2n) is 5.41. The number of amides is 1. The van der Waals surface area contributed by atoms with Crippen LogP contribution >= 0.6 is 0 Å². The number of anilines is 3. The molecule has 8 nitrogen and oxygen atoms in total. The minimum absolute atomic E-state index is 0.0111. The average molecular weight is 328 g/mol. The molecule has 0 spiro atoms. The summed E-state index contributed by atoms with van der Waals surface area (Å²) in [4.78, 5) is 28.9. The Bertz CT molecular complexity index is 656. The van der Waals surface area contributed by atoms with Crippen LogP contribution in [0.25, 0.3) is 0 Å². The van der Waals surface area contributed by atoms with Gasteiger partial charge in [0.1, 0.15) is 12.4 Å². The number of nitrogens with one attached hydrogen (secondary N) is 1. The highest BCUT2D eigenvalue weighted by molar-refractivity contribution is 5.91. The summed E-state index contributed by atoms with van der Waals surface area (Å²) < 4.78 is 4.77. The van der Waals surface area contributed by atoms with Crippen molar-refractivity contribution in [3.05, 3.63) is 36.8 Å². The molecule has 1 amide bonds. The van der Waals surface area contributed by atoms with Crippen molar-refractivity contribution in [2.45, 2.75) is 0 Å². The average Bonchev–Trinajstić information content (AvgIpc) is 2.63. The predicted molar refractivity (Wildman–Crippen MR) is 91.2 cm³/mol. The first-order valence-corrected chi connectivity index (χ1v) is 7.78. The van der Waals surface area contributed by atoms with Crippen LogP contribution in [0.5, 0.6) is 0 Å². The van der Waals surface area contributed by atoms with Crippen molar-refractivity contribution in [3.63, 3.8) is 0 Å². The molecule has 1 aliphatic heterocycles. The number of carbonyl (C=O) groups excluding carboxylic acids is 1. The Morgan fingerprint density at radius 2 is 1.83 bits per heavy atom. The van der Waals surface area contributed by atoms with Crippen LogP contribution in [0.2, 0.25) is 0 Å². The van der Waals surface area contributed by atoms with E-state index in [1.54, 1.807) is 18.6 Å². The summed E-state index contributed by atoms with van der Waals surface area (Å²) >= 11 is 0. The molecular formula is C16H20N6O2. The maximum atomic E-state index is 11.5. The maximum absolute atomic E-state index is 11.5. The van der Waals surface area contributed by atoms with Gasteiger partial charge in [-0.05, 0) is 12.1 Å². The largest absolute Gasteiger partial charge is 0.375 e. The van der Waals surface area contributed by atoms with Crippen molar-refractivity contribution in [1.29, 1.82) is 0 Å². The van der Waals surface area contributed by atoms with Crippen LogP contribution in [0.3, 0.4) is 0 Å². The molecule has 2 aromatic heterocycles. The molecule has 0 bridgehead atoms. The first-order valence-electron chi connectivity index (χ1n) is 7.78. The molecule has 1 fully saturated rings. The number of piperazine rings is 1. The van der Waals surface area contributed by atoms with Crippen LogP contribution in [0, 0.1) is 0 Å². The van der Waals surface area contributed by atoms with Crippen LogP contribution < -0.4 is 15.1 Å². The third kappa shape index (κ3) is 3.96. The minimum atomic E-state index is -0.224. The van der Waals surface area contributed by atoms with Crippen LogP contribution in [-0.4, -0.2) is 60.8 Å². The summed E-state index contributed by atoms with van der Waals surface area (Å²) in [6, 6.07) is 5.93. The predicted octanol–water partition coefficient (Wildman–Crippen LogP) is 0.783. The number of ether oxygens (including phenoxy) is 1. The quantitative estimate of drug-likeness (QED) is 0.868. The van der Waals surface area contributed by atoms with Crippen molar-refractivity contribution >= 4 is 23.4 Å². The molecule has 0 aromatic carbocycles. The Labute approximate surface area is 140 Å². The molecule has 24 heavy (non-hydrogen) atoms. The topological polar surface area (TPSA) is 83.5 Å². The van der Waals surface area contributed by atoms with Crippen LogP contribution in [0.15, 0.2) is 36.8 Å². The normalized spacial score (nSPS) is 14.5. The second kappa shape index (κ2) is 7.69. The molecular weight excluding hydrogens is 308 g/mol. The Kier molecular flexibility index (Phi) is 5.17. The molecule has 1 N–H and O–H groups in total. The first-order chi connectivity index (χ1) is 11.8. The Morgan fingerprint density at radius 1 is 1.12 bits per heavy atom. The van der Waals surface area contributed by atoms with Gasteiger partial charge in [0.05, 0.1) is 18.1 Å².